The van der Waals surface area contributed by atoms with E-state index in [0.717, 1.165) is 12.8 Å². The van der Waals surface area contributed by atoms with Crippen molar-refractivity contribution in [2.45, 2.75) is 25.8 Å². The second-order valence-electron chi connectivity index (χ2n) is 2.82. The summed E-state index contributed by atoms with van der Waals surface area (Å²) in [5.41, 5.74) is 0.410. The van der Waals surface area contributed by atoms with E-state index < -0.39 is 5.97 Å². The van der Waals surface area contributed by atoms with Gasteiger partial charge in [0, 0.05) is 13.1 Å². The van der Waals surface area contributed by atoms with E-state index in [4.69, 9.17) is 5.11 Å². The second-order valence-corrected chi connectivity index (χ2v) is 2.82. The molecule has 1 rings (SSSR count). The average Bonchev–Trinajstić information content (AvgIpc) is 2.68. The van der Waals surface area contributed by atoms with Gasteiger partial charge in [-0.25, -0.2) is 4.79 Å². The van der Waals surface area contributed by atoms with E-state index in [1.54, 1.807) is 13.0 Å². The smallest absolute Gasteiger partial charge is 0.351 e. The van der Waals surface area contributed by atoms with E-state index in [-0.39, 0.29) is 12.4 Å². The van der Waals surface area contributed by atoms with Crippen molar-refractivity contribution < 1.29 is 9.90 Å². The highest BCUT2D eigenvalue weighted by molar-refractivity contribution is 5.86. The summed E-state index contributed by atoms with van der Waals surface area (Å²) in [5, 5.41) is 8.71. The molecular formula is C8H14ClNO2. The lowest BCUT2D eigenvalue weighted by atomic mass is 10.3. The number of aliphatic carboxylic acids is 1. The average molecular weight is 192 g/mol. The molecule has 0 atom stereocenters. The van der Waals surface area contributed by atoms with Gasteiger partial charge in [-0.15, -0.1) is 12.4 Å². The van der Waals surface area contributed by atoms with Crippen molar-refractivity contribution in [2.24, 2.45) is 0 Å². The van der Waals surface area contributed by atoms with Crippen LogP contribution in [-0.2, 0) is 4.79 Å². The molecule has 0 heterocycles. The van der Waals surface area contributed by atoms with Gasteiger partial charge in [-0.3, -0.25) is 0 Å². The maximum Gasteiger partial charge on any atom is 0.351 e. The van der Waals surface area contributed by atoms with E-state index in [2.05, 4.69) is 0 Å². The van der Waals surface area contributed by atoms with Crippen LogP contribution in [-0.4, -0.2) is 29.1 Å². The highest BCUT2D eigenvalue weighted by atomic mass is 35.5. The summed E-state index contributed by atoms with van der Waals surface area (Å²) in [7, 11) is 1.83. The molecule has 0 amide bonds. The van der Waals surface area contributed by atoms with Crippen molar-refractivity contribution in [1.29, 1.82) is 0 Å². The van der Waals surface area contributed by atoms with Crippen LogP contribution in [0.5, 0.6) is 0 Å². The lowest BCUT2D eigenvalue weighted by Crippen LogP contribution is -2.25. The Morgan fingerprint density at radius 2 is 2.08 bits per heavy atom. The Morgan fingerprint density at radius 1 is 1.58 bits per heavy atom. The van der Waals surface area contributed by atoms with Crippen LogP contribution in [0.25, 0.3) is 0 Å². The van der Waals surface area contributed by atoms with E-state index >= 15 is 0 Å². The molecule has 0 unspecified atom stereocenters. The van der Waals surface area contributed by atoms with Gasteiger partial charge in [0.15, 0.2) is 0 Å². The molecule has 12 heavy (non-hydrogen) atoms. The van der Waals surface area contributed by atoms with Crippen LogP contribution in [0.1, 0.15) is 19.8 Å². The molecule has 0 saturated heterocycles. The van der Waals surface area contributed by atoms with Crippen molar-refractivity contribution in [3.63, 3.8) is 0 Å². The number of hydrogen-bond donors (Lipinski definition) is 1. The molecule has 0 bridgehead atoms. The van der Waals surface area contributed by atoms with Crippen LogP contribution in [0.3, 0.4) is 0 Å². The third-order valence-corrected chi connectivity index (χ3v) is 1.97. The van der Waals surface area contributed by atoms with Gasteiger partial charge in [0.1, 0.15) is 5.70 Å². The lowest BCUT2D eigenvalue weighted by molar-refractivity contribution is -0.134. The minimum Gasteiger partial charge on any atom is -0.477 e. The maximum absolute atomic E-state index is 10.6. The fourth-order valence-electron chi connectivity index (χ4n) is 1.14. The van der Waals surface area contributed by atoms with Gasteiger partial charge in [0.25, 0.3) is 0 Å². The van der Waals surface area contributed by atoms with Crippen molar-refractivity contribution in [3.8, 4) is 0 Å². The first-order valence-corrected chi connectivity index (χ1v) is 3.79. The first kappa shape index (κ1) is 11.3. The minimum absolute atomic E-state index is 0. The summed E-state index contributed by atoms with van der Waals surface area (Å²) in [6.45, 7) is 1.75. The van der Waals surface area contributed by atoms with Crippen LogP contribution in [0.4, 0.5) is 0 Å². The van der Waals surface area contributed by atoms with Gasteiger partial charge in [-0.1, -0.05) is 6.08 Å². The highest BCUT2D eigenvalue weighted by Crippen LogP contribution is 2.28. The molecule has 0 spiro atoms. The number of likely N-dealkylation sites (N-methyl/N-ethyl adjacent to an activating group) is 1. The van der Waals surface area contributed by atoms with E-state index in [1.807, 2.05) is 11.9 Å². The minimum atomic E-state index is -0.832. The summed E-state index contributed by atoms with van der Waals surface area (Å²) < 4.78 is 0. The standard InChI is InChI=1S/C8H13NO2.ClH/c1-3-7(8(10)11)9(2)6-4-5-6;/h3,6H,4-5H2,1-2H3,(H,10,11);1H. The van der Waals surface area contributed by atoms with Crippen LogP contribution in [0.2, 0.25) is 0 Å². The third kappa shape index (κ3) is 2.41. The first-order valence-electron chi connectivity index (χ1n) is 3.79. The normalized spacial score (nSPS) is 16.7. The number of carboxylic acid groups (broad SMARTS) is 1. The zero-order valence-corrected chi connectivity index (χ0v) is 8.10. The quantitative estimate of drug-likeness (QED) is 0.688. The Hall–Kier alpha value is -0.700. The number of nitrogens with zero attached hydrogens (tertiary/aromatic N) is 1. The summed E-state index contributed by atoms with van der Waals surface area (Å²) in [4.78, 5) is 12.4. The molecular weight excluding hydrogens is 178 g/mol. The Kier molecular flexibility index (Phi) is 4.10. The highest BCUT2D eigenvalue weighted by Gasteiger charge is 2.29. The molecule has 1 aliphatic carbocycles. The Balaban J connectivity index is 0.00000121. The molecule has 1 aliphatic rings. The van der Waals surface area contributed by atoms with Crippen molar-refractivity contribution in [2.75, 3.05) is 7.05 Å². The van der Waals surface area contributed by atoms with Crippen LogP contribution in [0.15, 0.2) is 11.8 Å². The Labute approximate surface area is 78.5 Å². The monoisotopic (exact) mass is 191 g/mol. The van der Waals surface area contributed by atoms with E-state index in [0.29, 0.717) is 11.7 Å². The van der Waals surface area contributed by atoms with Gasteiger partial charge in [-0.2, -0.15) is 0 Å². The van der Waals surface area contributed by atoms with Gasteiger partial charge in [0.2, 0.25) is 0 Å². The van der Waals surface area contributed by atoms with Crippen molar-refractivity contribution >= 4 is 18.4 Å². The van der Waals surface area contributed by atoms with Crippen LogP contribution < -0.4 is 0 Å². The topological polar surface area (TPSA) is 40.5 Å². The third-order valence-electron chi connectivity index (χ3n) is 1.97. The molecule has 0 aromatic carbocycles. The molecule has 0 aliphatic heterocycles. The molecule has 1 saturated carbocycles. The fraction of sp³-hybridized carbons (Fsp3) is 0.625. The van der Waals surface area contributed by atoms with Crippen LogP contribution in [0, 0.1) is 0 Å². The van der Waals surface area contributed by atoms with Crippen LogP contribution >= 0.6 is 12.4 Å². The molecule has 3 nitrogen and oxygen atoms in total. The van der Waals surface area contributed by atoms with Crippen molar-refractivity contribution in [3.05, 3.63) is 11.8 Å². The number of allylic oxidation sites excluding steroid dienone is 1. The molecule has 0 aromatic rings. The molecule has 1 N–H and O–H groups in total. The molecule has 0 aromatic heterocycles. The summed E-state index contributed by atoms with van der Waals surface area (Å²) >= 11 is 0. The SMILES string of the molecule is CC=C(C(=O)O)N(C)C1CC1.Cl. The molecule has 4 heteroatoms. The Bertz CT molecular complexity index is 199. The fourth-order valence-corrected chi connectivity index (χ4v) is 1.14. The van der Waals surface area contributed by atoms with Gasteiger partial charge in [-0.05, 0) is 19.8 Å². The number of rotatable bonds is 3. The maximum atomic E-state index is 10.6. The van der Waals surface area contributed by atoms with Gasteiger partial charge in [0.05, 0.1) is 0 Å². The molecule has 0 radical (unpaired) electrons. The first-order chi connectivity index (χ1) is 5.16. The Morgan fingerprint density at radius 3 is 2.33 bits per heavy atom. The number of carboxylic acids is 1. The lowest BCUT2D eigenvalue weighted by Gasteiger charge is -2.18. The molecule has 1 fully saturated rings. The largest absolute Gasteiger partial charge is 0.477 e. The van der Waals surface area contributed by atoms with Gasteiger partial charge >= 0.3 is 5.97 Å². The second kappa shape index (κ2) is 4.36. The van der Waals surface area contributed by atoms with Crippen molar-refractivity contribution in [1.82, 2.24) is 4.90 Å². The predicted octanol–water partition coefficient (Wildman–Crippen LogP) is 1.49. The van der Waals surface area contributed by atoms with E-state index in [1.165, 1.54) is 0 Å². The van der Waals surface area contributed by atoms with Gasteiger partial charge < -0.3 is 10.0 Å². The zero-order valence-electron chi connectivity index (χ0n) is 7.28. The zero-order chi connectivity index (χ0) is 8.43. The molecule has 70 valence electrons. The number of carbonyl (C=O) groups is 1. The summed E-state index contributed by atoms with van der Waals surface area (Å²) in [5.74, 6) is -0.832. The summed E-state index contributed by atoms with van der Waals surface area (Å²) in [6, 6.07) is 0.470. The summed E-state index contributed by atoms with van der Waals surface area (Å²) in [6.07, 6.45) is 3.89. The number of halogens is 1. The predicted molar refractivity (Wildman–Crippen MR) is 49.4 cm³/mol. The number of hydrogen-bond acceptors (Lipinski definition) is 2. The van der Waals surface area contributed by atoms with E-state index in [9.17, 15) is 4.79 Å².